The van der Waals surface area contributed by atoms with Gasteiger partial charge in [0, 0.05) is 0 Å². The topological polar surface area (TPSA) is 26.3 Å². The SMILES string of the molecule is COC(=O)C(C)C(C)C(C)(C)C. The van der Waals surface area contributed by atoms with Crippen LogP contribution in [0.2, 0.25) is 0 Å². The molecule has 72 valence electrons. The highest BCUT2D eigenvalue weighted by Crippen LogP contribution is 2.31. The van der Waals surface area contributed by atoms with E-state index in [0.29, 0.717) is 5.92 Å². The number of methoxy groups -OCH3 is 1. The maximum absolute atomic E-state index is 11.2. The van der Waals surface area contributed by atoms with Crippen molar-refractivity contribution in [2.24, 2.45) is 17.3 Å². The van der Waals surface area contributed by atoms with Crippen LogP contribution in [0, 0.1) is 17.3 Å². The van der Waals surface area contributed by atoms with Gasteiger partial charge in [-0.25, -0.2) is 0 Å². The Morgan fingerprint density at radius 2 is 1.67 bits per heavy atom. The summed E-state index contributed by atoms with van der Waals surface area (Å²) in [5.74, 6) is 0.206. The van der Waals surface area contributed by atoms with Gasteiger partial charge in [-0.05, 0) is 11.3 Å². The first-order chi connectivity index (χ1) is 5.30. The molecule has 0 saturated heterocycles. The van der Waals surface area contributed by atoms with E-state index in [1.807, 2.05) is 6.92 Å². The van der Waals surface area contributed by atoms with Crippen molar-refractivity contribution in [2.45, 2.75) is 34.6 Å². The molecule has 0 radical (unpaired) electrons. The molecule has 0 heterocycles. The minimum absolute atomic E-state index is 0.0185. The van der Waals surface area contributed by atoms with Crippen molar-refractivity contribution in [1.82, 2.24) is 0 Å². The molecule has 2 atom stereocenters. The van der Waals surface area contributed by atoms with Gasteiger partial charge in [0.15, 0.2) is 0 Å². The number of hydrogen-bond donors (Lipinski definition) is 0. The summed E-state index contributed by atoms with van der Waals surface area (Å²) in [6.45, 7) is 10.4. The van der Waals surface area contributed by atoms with Crippen LogP contribution in [-0.2, 0) is 9.53 Å². The Hall–Kier alpha value is -0.530. The lowest BCUT2D eigenvalue weighted by Crippen LogP contribution is -2.29. The van der Waals surface area contributed by atoms with Crippen molar-refractivity contribution < 1.29 is 9.53 Å². The highest BCUT2D eigenvalue weighted by molar-refractivity contribution is 5.72. The van der Waals surface area contributed by atoms with Crippen LogP contribution in [0.15, 0.2) is 0 Å². The fourth-order valence-corrected chi connectivity index (χ4v) is 1.14. The molecule has 2 nitrogen and oxygen atoms in total. The van der Waals surface area contributed by atoms with Crippen molar-refractivity contribution in [1.29, 1.82) is 0 Å². The van der Waals surface area contributed by atoms with Crippen LogP contribution in [0.3, 0.4) is 0 Å². The lowest BCUT2D eigenvalue weighted by atomic mass is 9.75. The number of carbonyl (C=O) groups is 1. The third-order valence-electron chi connectivity index (χ3n) is 2.69. The minimum atomic E-state index is -0.113. The van der Waals surface area contributed by atoms with E-state index in [1.54, 1.807) is 0 Å². The maximum Gasteiger partial charge on any atom is 0.308 e. The molecule has 0 aliphatic rings. The molecule has 0 aliphatic heterocycles. The summed E-state index contributed by atoms with van der Waals surface area (Å²) in [5.41, 5.74) is 0.160. The van der Waals surface area contributed by atoms with E-state index in [4.69, 9.17) is 0 Å². The number of esters is 1. The lowest BCUT2D eigenvalue weighted by molar-refractivity contribution is -0.147. The molecule has 0 bridgehead atoms. The number of rotatable bonds is 2. The fraction of sp³-hybridized carbons (Fsp3) is 0.900. The van der Waals surface area contributed by atoms with E-state index in [-0.39, 0.29) is 17.3 Å². The fourth-order valence-electron chi connectivity index (χ4n) is 1.14. The van der Waals surface area contributed by atoms with Gasteiger partial charge in [-0.15, -0.1) is 0 Å². The van der Waals surface area contributed by atoms with Gasteiger partial charge in [-0.3, -0.25) is 4.79 Å². The highest BCUT2D eigenvalue weighted by Gasteiger charge is 2.30. The summed E-state index contributed by atoms with van der Waals surface area (Å²) < 4.78 is 4.69. The Morgan fingerprint density at radius 1 is 1.25 bits per heavy atom. The largest absolute Gasteiger partial charge is 0.469 e. The van der Waals surface area contributed by atoms with Crippen LogP contribution in [0.25, 0.3) is 0 Å². The Kier molecular flexibility index (Phi) is 3.75. The van der Waals surface area contributed by atoms with Crippen LogP contribution in [0.1, 0.15) is 34.6 Å². The van der Waals surface area contributed by atoms with Crippen molar-refractivity contribution in [3.63, 3.8) is 0 Å². The molecule has 2 unspecified atom stereocenters. The van der Waals surface area contributed by atoms with Gasteiger partial charge in [-0.1, -0.05) is 34.6 Å². The van der Waals surface area contributed by atoms with Crippen molar-refractivity contribution in [3.05, 3.63) is 0 Å². The predicted molar refractivity (Wildman–Crippen MR) is 49.8 cm³/mol. The standard InChI is InChI=1S/C10H20O2/c1-7(9(11)12-6)8(2)10(3,4)5/h7-8H,1-6H3. The molecule has 0 saturated carbocycles. The number of ether oxygens (including phenoxy) is 1. The second-order valence-corrected chi connectivity index (χ2v) is 4.47. The van der Waals surface area contributed by atoms with E-state index in [9.17, 15) is 4.79 Å². The second-order valence-electron chi connectivity index (χ2n) is 4.47. The first-order valence-electron chi connectivity index (χ1n) is 4.38. The van der Waals surface area contributed by atoms with E-state index in [0.717, 1.165) is 0 Å². The first-order valence-corrected chi connectivity index (χ1v) is 4.38. The van der Waals surface area contributed by atoms with Gasteiger partial charge >= 0.3 is 5.97 Å². The van der Waals surface area contributed by atoms with Gasteiger partial charge in [0.2, 0.25) is 0 Å². The van der Waals surface area contributed by atoms with E-state index in [2.05, 4.69) is 32.4 Å². The lowest BCUT2D eigenvalue weighted by Gasteiger charge is -2.30. The zero-order valence-corrected chi connectivity index (χ0v) is 8.97. The van der Waals surface area contributed by atoms with E-state index < -0.39 is 0 Å². The predicted octanol–water partition coefficient (Wildman–Crippen LogP) is 2.48. The number of carbonyl (C=O) groups excluding carboxylic acids is 1. The summed E-state index contributed by atoms with van der Waals surface area (Å²) >= 11 is 0. The third kappa shape index (κ3) is 2.84. The van der Waals surface area contributed by atoms with Crippen molar-refractivity contribution in [3.8, 4) is 0 Å². The van der Waals surface area contributed by atoms with Crippen molar-refractivity contribution in [2.75, 3.05) is 7.11 Å². The molecule has 0 rings (SSSR count). The summed E-state index contributed by atoms with van der Waals surface area (Å²) in [5, 5.41) is 0. The molecule has 2 heteroatoms. The van der Waals surface area contributed by atoms with Gasteiger partial charge in [0.25, 0.3) is 0 Å². The van der Waals surface area contributed by atoms with Gasteiger partial charge in [-0.2, -0.15) is 0 Å². The molecular weight excluding hydrogens is 152 g/mol. The molecule has 0 amide bonds. The smallest absolute Gasteiger partial charge is 0.308 e. The molecule has 0 aliphatic carbocycles. The van der Waals surface area contributed by atoms with Gasteiger partial charge < -0.3 is 4.74 Å². The van der Waals surface area contributed by atoms with Gasteiger partial charge in [0.1, 0.15) is 0 Å². The Morgan fingerprint density at radius 3 is 1.92 bits per heavy atom. The molecule has 0 spiro atoms. The molecule has 0 aromatic rings. The Bertz CT molecular complexity index is 156. The zero-order chi connectivity index (χ0) is 9.94. The molecule has 0 aromatic carbocycles. The second kappa shape index (κ2) is 3.92. The van der Waals surface area contributed by atoms with Gasteiger partial charge in [0.05, 0.1) is 13.0 Å². The summed E-state index contributed by atoms with van der Waals surface area (Å²) in [6, 6.07) is 0. The molecule has 0 aromatic heterocycles. The quantitative estimate of drug-likeness (QED) is 0.598. The Balaban J connectivity index is 4.29. The molecular formula is C10H20O2. The summed E-state index contributed by atoms with van der Waals surface area (Å²) in [4.78, 5) is 11.2. The average molecular weight is 172 g/mol. The highest BCUT2D eigenvalue weighted by atomic mass is 16.5. The van der Waals surface area contributed by atoms with Crippen LogP contribution in [0.4, 0.5) is 0 Å². The zero-order valence-electron chi connectivity index (χ0n) is 8.97. The van der Waals surface area contributed by atoms with Crippen LogP contribution < -0.4 is 0 Å². The van der Waals surface area contributed by atoms with E-state index in [1.165, 1.54) is 7.11 Å². The molecule has 0 N–H and O–H groups in total. The Labute approximate surface area is 75.3 Å². The summed E-state index contributed by atoms with van der Waals surface area (Å²) in [6.07, 6.45) is 0. The maximum atomic E-state index is 11.2. The number of hydrogen-bond acceptors (Lipinski definition) is 2. The molecule has 12 heavy (non-hydrogen) atoms. The van der Waals surface area contributed by atoms with E-state index >= 15 is 0 Å². The van der Waals surface area contributed by atoms with Crippen molar-refractivity contribution >= 4 is 5.97 Å². The average Bonchev–Trinajstić information content (AvgIpc) is 1.98. The van der Waals surface area contributed by atoms with Crippen LogP contribution >= 0.6 is 0 Å². The summed E-state index contributed by atoms with van der Waals surface area (Å²) in [7, 11) is 1.44. The van der Waals surface area contributed by atoms with Crippen LogP contribution in [0.5, 0.6) is 0 Å². The minimum Gasteiger partial charge on any atom is -0.469 e. The van der Waals surface area contributed by atoms with Crippen LogP contribution in [-0.4, -0.2) is 13.1 Å². The monoisotopic (exact) mass is 172 g/mol. The third-order valence-corrected chi connectivity index (χ3v) is 2.69. The molecule has 0 fully saturated rings. The normalized spacial score (nSPS) is 16.8. The first kappa shape index (κ1) is 11.5.